The van der Waals surface area contributed by atoms with Gasteiger partial charge in [0.1, 0.15) is 0 Å². The summed E-state index contributed by atoms with van der Waals surface area (Å²) in [5.74, 6) is 0.323. The van der Waals surface area contributed by atoms with Gasteiger partial charge >= 0.3 is 0 Å². The average Bonchev–Trinajstić information content (AvgIpc) is 3.54. The Labute approximate surface area is 185 Å². The molecule has 1 aliphatic heterocycles. The number of anilines is 1. The van der Waals surface area contributed by atoms with Crippen LogP contribution < -0.4 is 5.32 Å². The summed E-state index contributed by atoms with van der Waals surface area (Å²) < 4.78 is 3.74. The molecule has 0 atom stereocenters. The first-order valence-electron chi connectivity index (χ1n) is 10.5. The number of nitrogens with zero attached hydrogens (tertiary/aromatic N) is 5. The van der Waals surface area contributed by atoms with Gasteiger partial charge < -0.3 is 9.47 Å². The molecular weight excluding hydrogens is 412 g/mol. The normalized spacial score (nSPS) is 14.4. The molecule has 0 saturated carbocycles. The van der Waals surface area contributed by atoms with Gasteiger partial charge in [0, 0.05) is 31.0 Å². The zero-order chi connectivity index (χ0) is 21.2. The van der Waals surface area contributed by atoms with Crippen LogP contribution in [0.5, 0.6) is 0 Å². The highest BCUT2D eigenvalue weighted by atomic mass is 35.5. The van der Waals surface area contributed by atoms with Gasteiger partial charge in [0.05, 0.1) is 21.7 Å². The molecular formula is C23H23ClN6O. The third kappa shape index (κ3) is 4.06. The highest BCUT2D eigenvalue weighted by Gasteiger charge is 2.18. The topological polar surface area (TPSA) is 68.0 Å². The van der Waals surface area contributed by atoms with Crippen molar-refractivity contribution in [3.63, 3.8) is 0 Å². The number of hydrogen-bond acceptors (Lipinski definition) is 4. The fourth-order valence-electron chi connectivity index (χ4n) is 4.06. The highest BCUT2D eigenvalue weighted by molar-refractivity contribution is 6.32. The van der Waals surface area contributed by atoms with Crippen molar-refractivity contribution in [2.45, 2.75) is 19.4 Å². The van der Waals surface area contributed by atoms with Gasteiger partial charge in [0.2, 0.25) is 5.95 Å². The molecule has 1 N–H and O–H groups in total. The van der Waals surface area contributed by atoms with Crippen molar-refractivity contribution in [1.29, 1.82) is 0 Å². The average molecular weight is 435 g/mol. The molecule has 1 saturated heterocycles. The van der Waals surface area contributed by atoms with Crippen molar-refractivity contribution in [3.8, 4) is 5.69 Å². The maximum Gasteiger partial charge on any atom is 0.258 e. The SMILES string of the molecule is O=C(Nc1nc2ccccc2n1CCN1CCCC1)c1ccc(Cl)c(-n2cccn2)c1. The molecule has 0 unspecified atom stereocenters. The smallest absolute Gasteiger partial charge is 0.258 e. The quantitative estimate of drug-likeness (QED) is 0.493. The van der Waals surface area contributed by atoms with E-state index in [1.807, 2.05) is 30.3 Å². The van der Waals surface area contributed by atoms with E-state index in [0.29, 0.717) is 22.2 Å². The Morgan fingerprint density at radius 3 is 2.71 bits per heavy atom. The first kappa shape index (κ1) is 19.8. The van der Waals surface area contributed by atoms with E-state index in [0.717, 1.165) is 37.2 Å². The Morgan fingerprint density at radius 2 is 1.90 bits per heavy atom. The molecule has 0 aliphatic carbocycles. The number of carbonyl (C=O) groups is 1. The molecule has 1 fully saturated rings. The van der Waals surface area contributed by atoms with Crippen LogP contribution >= 0.6 is 11.6 Å². The summed E-state index contributed by atoms with van der Waals surface area (Å²) in [7, 11) is 0. The molecule has 2 aromatic heterocycles. The zero-order valence-electron chi connectivity index (χ0n) is 17.0. The van der Waals surface area contributed by atoms with E-state index in [2.05, 4.69) is 24.9 Å². The van der Waals surface area contributed by atoms with Crippen LogP contribution in [0.15, 0.2) is 60.9 Å². The zero-order valence-corrected chi connectivity index (χ0v) is 17.8. The van der Waals surface area contributed by atoms with Crippen LogP contribution in [0.1, 0.15) is 23.2 Å². The number of benzene rings is 2. The number of nitrogens with one attached hydrogen (secondary N) is 1. The second-order valence-electron chi connectivity index (χ2n) is 7.70. The third-order valence-corrected chi connectivity index (χ3v) is 6.00. The number of carbonyl (C=O) groups excluding carboxylic acids is 1. The number of aromatic nitrogens is 4. The van der Waals surface area contributed by atoms with Crippen LogP contribution in [-0.4, -0.2) is 49.8 Å². The van der Waals surface area contributed by atoms with E-state index in [9.17, 15) is 4.79 Å². The Hall–Kier alpha value is -3.16. The minimum Gasteiger partial charge on any atom is -0.309 e. The number of likely N-dealkylation sites (tertiary alicyclic amines) is 1. The van der Waals surface area contributed by atoms with E-state index in [4.69, 9.17) is 11.6 Å². The summed E-state index contributed by atoms with van der Waals surface area (Å²) in [4.78, 5) is 20.2. The summed E-state index contributed by atoms with van der Waals surface area (Å²) in [5.41, 5.74) is 3.03. The Morgan fingerprint density at radius 1 is 1.06 bits per heavy atom. The first-order chi connectivity index (χ1) is 15.2. The van der Waals surface area contributed by atoms with E-state index in [1.54, 1.807) is 35.3 Å². The standard InChI is InChI=1S/C23H23ClN6O/c24-18-9-8-17(16-21(18)30-13-5-10-25-30)22(31)27-23-26-19-6-1-2-7-20(19)29(23)15-14-28-11-3-4-12-28/h1-2,5-10,13,16H,3-4,11-12,14-15H2,(H,26,27,31). The van der Waals surface area contributed by atoms with Crippen LogP contribution in [0.25, 0.3) is 16.7 Å². The molecule has 7 nitrogen and oxygen atoms in total. The fourth-order valence-corrected chi connectivity index (χ4v) is 4.26. The third-order valence-electron chi connectivity index (χ3n) is 5.68. The van der Waals surface area contributed by atoms with Gasteiger partial charge in [0.15, 0.2) is 0 Å². The second kappa shape index (κ2) is 8.53. The van der Waals surface area contributed by atoms with Gasteiger partial charge in [-0.2, -0.15) is 5.10 Å². The minimum atomic E-state index is -0.234. The Kier molecular flexibility index (Phi) is 5.44. The molecule has 5 rings (SSSR count). The van der Waals surface area contributed by atoms with E-state index in [1.165, 1.54) is 12.8 Å². The second-order valence-corrected chi connectivity index (χ2v) is 8.10. The van der Waals surface area contributed by atoms with Crippen molar-refractivity contribution in [2.24, 2.45) is 0 Å². The van der Waals surface area contributed by atoms with Crippen LogP contribution in [0.2, 0.25) is 5.02 Å². The van der Waals surface area contributed by atoms with Gasteiger partial charge in [-0.3, -0.25) is 10.1 Å². The monoisotopic (exact) mass is 434 g/mol. The molecule has 4 aromatic rings. The van der Waals surface area contributed by atoms with Gasteiger partial charge in [-0.05, 0) is 62.3 Å². The lowest BCUT2D eigenvalue weighted by Crippen LogP contribution is -2.25. The molecule has 0 radical (unpaired) electrons. The predicted octanol–water partition coefficient (Wildman–Crippen LogP) is 4.22. The molecule has 0 spiro atoms. The first-order valence-corrected chi connectivity index (χ1v) is 10.9. The molecule has 0 bridgehead atoms. The summed E-state index contributed by atoms with van der Waals surface area (Å²) in [6.07, 6.45) is 5.97. The van der Waals surface area contributed by atoms with E-state index in [-0.39, 0.29) is 5.91 Å². The van der Waals surface area contributed by atoms with Gasteiger partial charge in [0.25, 0.3) is 5.91 Å². The number of fused-ring (bicyclic) bond motifs is 1. The number of hydrogen-bond donors (Lipinski definition) is 1. The maximum atomic E-state index is 13.1. The molecule has 1 amide bonds. The van der Waals surface area contributed by atoms with Crippen LogP contribution in [0.4, 0.5) is 5.95 Å². The highest BCUT2D eigenvalue weighted by Crippen LogP contribution is 2.24. The Balaban J connectivity index is 1.43. The van der Waals surface area contributed by atoms with Crippen molar-refractivity contribution < 1.29 is 4.79 Å². The van der Waals surface area contributed by atoms with Crippen molar-refractivity contribution >= 4 is 34.5 Å². The van der Waals surface area contributed by atoms with Crippen LogP contribution in [0, 0.1) is 0 Å². The van der Waals surface area contributed by atoms with Gasteiger partial charge in [-0.15, -0.1) is 0 Å². The summed E-state index contributed by atoms with van der Waals surface area (Å²) in [6.45, 7) is 3.98. The van der Waals surface area contributed by atoms with Gasteiger partial charge in [-0.25, -0.2) is 9.67 Å². The van der Waals surface area contributed by atoms with Crippen LogP contribution in [0.3, 0.4) is 0 Å². The van der Waals surface area contributed by atoms with E-state index >= 15 is 0 Å². The molecule has 158 valence electrons. The van der Waals surface area contributed by atoms with Crippen molar-refractivity contribution in [1.82, 2.24) is 24.2 Å². The molecule has 31 heavy (non-hydrogen) atoms. The van der Waals surface area contributed by atoms with Crippen molar-refractivity contribution in [3.05, 3.63) is 71.5 Å². The number of rotatable bonds is 6. The summed E-state index contributed by atoms with van der Waals surface area (Å²) in [6, 6.07) is 14.9. The number of halogens is 1. The lowest BCUT2D eigenvalue weighted by Gasteiger charge is -2.17. The van der Waals surface area contributed by atoms with Gasteiger partial charge in [-0.1, -0.05) is 23.7 Å². The molecule has 3 heterocycles. The lowest BCUT2D eigenvalue weighted by atomic mass is 10.2. The largest absolute Gasteiger partial charge is 0.309 e. The molecule has 2 aromatic carbocycles. The molecule has 1 aliphatic rings. The van der Waals surface area contributed by atoms with E-state index < -0.39 is 0 Å². The van der Waals surface area contributed by atoms with Crippen molar-refractivity contribution in [2.75, 3.05) is 25.0 Å². The maximum absolute atomic E-state index is 13.1. The number of para-hydroxylation sites is 2. The number of amides is 1. The predicted molar refractivity (Wildman–Crippen MR) is 122 cm³/mol. The summed E-state index contributed by atoms with van der Waals surface area (Å²) >= 11 is 6.32. The molecule has 8 heteroatoms. The minimum absolute atomic E-state index is 0.234. The number of imidazole rings is 1. The van der Waals surface area contributed by atoms with Crippen LogP contribution in [-0.2, 0) is 6.54 Å². The summed E-state index contributed by atoms with van der Waals surface area (Å²) in [5, 5.41) is 7.75. The lowest BCUT2D eigenvalue weighted by molar-refractivity contribution is 0.102. The Bertz CT molecular complexity index is 1210. The fraction of sp³-hybridized carbons (Fsp3) is 0.261.